The van der Waals surface area contributed by atoms with Crippen LogP contribution in [0.4, 0.5) is 0 Å². The number of aliphatic hydroxyl groups excluding tert-OH is 2. The third kappa shape index (κ3) is 29.7. The number of aromatic nitrogens is 3. The molecule has 3 aromatic carbocycles. The number of imidazole rings is 1. The fraction of sp³-hybridized carbons (Fsp3) is 0.500. The molecule has 0 bridgehead atoms. The van der Waals surface area contributed by atoms with E-state index in [4.69, 9.17) is 22.6 Å². The number of benzene rings is 3. The van der Waals surface area contributed by atoms with E-state index in [1.807, 2.05) is 0 Å². The van der Waals surface area contributed by atoms with Gasteiger partial charge in [-0.1, -0.05) is 88.4 Å². The van der Waals surface area contributed by atoms with Crippen LogP contribution in [0.2, 0.25) is 0 Å². The number of unbranched alkanes of at least 4 members (excludes halogenated alkanes) is 1. The average molecular weight is 1610 g/mol. The fourth-order valence-electron chi connectivity index (χ4n) is 12.7. The van der Waals surface area contributed by atoms with Crippen LogP contribution in [0.1, 0.15) is 114 Å². The number of amides is 12. The van der Waals surface area contributed by atoms with Crippen LogP contribution < -0.4 is 81.0 Å². The highest BCUT2D eigenvalue weighted by Gasteiger charge is 2.41. The highest BCUT2D eigenvalue weighted by molar-refractivity contribution is 6.00. The van der Waals surface area contributed by atoms with Gasteiger partial charge < -0.3 is 121 Å². The van der Waals surface area contributed by atoms with Gasteiger partial charge in [0, 0.05) is 74.2 Å². The number of carboxylic acids is 2. The summed E-state index contributed by atoms with van der Waals surface area (Å²) in [7, 11) is 0. The number of likely N-dealkylation sites (tertiary alicyclic amines) is 1. The second-order valence-corrected chi connectivity index (χ2v) is 28.8. The number of aromatic amines is 2. The molecule has 39 heteroatoms. The number of para-hydroxylation sites is 1. The predicted molar refractivity (Wildman–Crippen MR) is 416 cm³/mol. The largest absolute Gasteiger partial charge is 0.508 e. The molecule has 3 heterocycles. The second kappa shape index (κ2) is 46.2. The van der Waals surface area contributed by atoms with Crippen LogP contribution in [0.25, 0.3) is 10.9 Å². The molecule has 6 rings (SSSR count). The van der Waals surface area contributed by atoms with Crippen LogP contribution in [-0.2, 0) is 92.8 Å². The molecule has 26 N–H and O–H groups in total. The van der Waals surface area contributed by atoms with Gasteiger partial charge in [0.15, 0.2) is 5.96 Å². The maximum Gasteiger partial charge on any atom is 0.326 e. The number of nitrogens with zero attached hydrogens (tertiary/aromatic N) is 2. The summed E-state index contributed by atoms with van der Waals surface area (Å²) in [5, 5.41) is 88.8. The van der Waals surface area contributed by atoms with Gasteiger partial charge in [0.1, 0.15) is 78.3 Å². The van der Waals surface area contributed by atoms with E-state index < -0.39 is 200 Å². The molecule has 1 aliphatic rings. The molecule has 1 aliphatic heterocycles. The van der Waals surface area contributed by atoms with Crippen molar-refractivity contribution in [2.75, 3.05) is 39.4 Å². The van der Waals surface area contributed by atoms with Crippen LogP contribution in [-0.4, -0.2) is 246 Å². The molecule has 0 radical (unpaired) electrons. The Bertz CT molecular complexity index is 4130. The third-order valence-electron chi connectivity index (χ3n) is 18.9. The molecule has 1 fully saturated rings. The van der Waals surface area contributed by atoms with E-state index >= 15 is 14.4 Å². The van der Waals surface area contributed by atoms with Crippen molar-refractivity contribution < 1.29 is 92.7 Å². The van der Waals surface area contributed by atoms with Gasteiger partial charge in [-0.15, -0.1) is 0 Å². The SMILES string of the molecule is CC(C)C[C@H](NC(=O)[C@H](CO)NC(=O)[C@H](Cc1ccc(O)cc1)NC(=O)[C@@H](N)CO)C(=O)N[C@@H](CCC(=O)O)C(=O)N[C@@H](Cc1cnc[nH]1)C(=O)N[C@@H](Cc1ccccc1)C(=O)N[C@@H](CCCNC(=N)N)C(=O)N[C@@H](Cc1c[nH]c2ccccc12)C(=O)NCC(=O)N[C@@H](CCCCN)C(=O)N1CCC[C@H]1C(=O)N[C@H](C(=O)O)C(C)C. The Balaban J connectivity index is 1.25. The smallest absolute Gasteiger partial charge is 0.326 e. The number of carbonyl (C=O) groups is 14. The van der Waals surface area contributed by atoms with Crippen molar-refractivity contribution in [1.82, 2.24) is 83.7 Å². The minimum Gasteiger partial charge on any atom is -0.508 e. The predicted octanol–water partition coefficient (Wildman–Crippen LogP) is -3.82. The zero-order valence-electron chi connectivity index (χ0n) is 64.5. The Morgan fingerprint density at radius 3 is 1.69 bits per heavy atom. The first-order valence-corrected chi connectivity index (χ1v) is 37.9. The van der Waals surface area contributed by atoms with Gasteiger partial charge in [0.2, 0.25) is 70.9 Å². The van der Waals surface area contributed by atoms with E-state index in [-0.39, 0.29) is 94.8 Å². The standard InChI is InChI=1S/C76H108N20O19/c1-41(2)30-54(90-72(111)59(39-98)94-70(109)55(89-64(103)49(78)38-97)32-44-21-23-47(99)24-22-44)68(107)88-52(25-26-62(101)102)67(106)93-58(34-46-36-81-40-85-46)71(110)91-56(31-43-14-6-5-7-15-43)69(108)87-51(19-12-28-82-76(79)80)66(105)92-57(33-45-35-83-50-17-9-8-16-48(45)50)65(104)84-37-61(100)86-53(18-10-11-27-77)74(113)96-29-13-20-60(96)73(112)95-63(42(3)4)75(114)115/h5-9,14-17,21-24,35-36,40-42,49,51-60,63,83,97-99H,10-13,18-20,25-34,37-39,77-78H2,1-4H3,(H,81,85)(H,84,104)(H,86,100)(H,87,108)(H,88,107)(H,89,103)(H,90,111)(H,91,110)(H,92,105)(H,93,106)(H,94,109)(H,95,112)(H,101,102)(H,114,115)(H4,79,80,82)/t49-,51-,52-,53-,54-,55-,56-,57-,58-,59-,60-,63-/m0/s1. The van der Waals surface area contributed by atoms with E-state index in [0.29, 0.717) is 46.9 Å². The molecule has 626 valence electrons. The molecule has 2 aromatic heterocycles. The average Bonchev–Trinajstić information content (AvgIpc) is 1.69. The van der Waals surface area contributed by atoms with Crippen molar-refractivity contribution in [3.63, 3.8) is 0 Å². The first-order valence-electron chi connectivity index (χ1n) is 37.9. The number of carboxylic acid groups (broad SMARTS) is 2. The lowest BCUT2D eigenvalue weighted by atomic mass is 10.0. The van der Waals surface area contributed by atoms with Crippen LogP contribution in [0.5, 0.6) is 5.75 Å². The minimum absolute atomic E-state index is 0.00386. The van der Waals surface area contributed by atoms with Gasteiger partial charge in [-0.3, -0.25) is 67.7 Å². The summed E-state index contributed by atoms with van der Waals surface area (Å²) in [6.45, 7) is 4.37. The number of carbonyl (C=O) groups excluding carboxylic acids is 12. The Labute approximate surface area is 663 Å². The first-order chi connectivity index (χ1) is 54.8. The fourth-order valence-corrected chi connectivity index (χ4v) is 12.7. The number of H-pyrrole nitrogens is 2. The van der Waals surface area contributed by atoms with Crippen LogP contribution >= 0.6 is 0 Å². The van der Waals surface area contributed by atoms with Gasteiger partial charge in [0.25, 0.3) is 0 Å². The molecule has 115 heavy (non-hydrogen) atoms. The Hall–Kier alpha value is -12.1. The van der Waals surface area contributed by atoms with Crippen molar-refractivity contribution in [1.29, 1.82) is 5.41 Å². The molecule has 1 saturated heterocycles. The molecule has 5 aromatic rings. The van der Waals surface area contributed by atoms with E-state index in [0.717, 1.165) is 0 Å². The summed E-state index contributed by atoms with van der Waals surface area (Å²) in [5.74, 6) is -15.4. The van der Waals surface area contributed by atoms with Crippen molar-refractivity contribution in [3.8, 4) is 5.75 Å². The monoisotopic (exact) mass is 1600 g/mol. The number of phenolic OH excluding ortho intramolecular Hbond substituents is 1. The number of rotatable bonds is 48. The first kappa shape index (κ1) is 91.8. The topological polar surface area (TPSA) is 634 Å². The zero-order valence-corrected chi connectivity index (χ0v) is 64.5. The summed E-state index contributed by atoms with van der Waals surface area (Å²) in [5.41, 5.74) is 19.4. The van der Waals surface area contributed by atoms with E-state index in [1.165, 1.54) is 41.7 Å². The molecule has 0 unspecified atom stereocenters. The molecular formula is C76H108N20O19. The number of nitrogens with two attached hydrogens (primary N) is 3. The molecular weight excluding hydrogens is 1500 g/mol. The van der Waals surface area contributed by atoms with Crippen LogP contribution in [0.15, 0.2) is 97.6 Å². The highest BCUT2D eigenvalue weighted by atomic mass is 16.4. The Kier molecular flexibility index (Phi) is 36.8. The summed E-state index contributed by atoms with van der Waals surface area (Å²) < 4.78 is 0. The van der Waals surface area contributed by atoms with Gasteiger partial charge in [-0.05, 0) is 111 Å². The second-order valence-electron chi connectivity index (χ2n) is 28.8. The summed E-state index contributed by atoms with van der Waals surface area (Å²) in [4.78, 5) is 207. The number of hydrogen-bond donors (Lipinski definition) is 23. The van der Waals surface area contributed by atoms with Crippen LogP contribution in [0, 0.1) is 17.2 Å². The van der Waals surface area contributed by atoms with Gasteiger partial charge in [0.05, 0.1) is 26.1 Å². The number of aliphatic carboxylic acids is 2. The summed E-state index contributed by atoms with van der Waals surface area (Å²) in [6.07, 6.45) is 2.97. The lowest BCUT2D eigenvalue weighted by Gasteiger charge is -2.30. The van der Waals surface area contributed by atoms with Gasteiger partial charge in [-0.2, -0.15) is 0 Å². The van der Waals surface area contributed by atoms with E-state index in [1.54, 1.807) is 88.5 Å². The number of phenols is 1. The number of aromatic hydroxyl groups is 1. The number of guanidine groups is 1. The van der Waals surface area contributed by atoms with Crippen molar-refractivity contribution in [3.05, 3.63) is 120 Å². The summed E-state index contributed by atoms with van der Waals surface area (Å²) >= 11 is 0. The maximum atomic E-state index is 15.1. The molecule has 0 aliphatic carbocycles. The molecule has 12 amide bonds. The third-order valence-corrected chi connectivity index (χ3v) is 18.9. The quantitative estimate of drug-likeness (QED) is 0.0101. The summed E-state index contributed by atoms with van der Waals surface area (Å²) in [6, 6.07) is 2.94. The lowest BCUT2D eigenvalue weighted by molar-refractivity contribution is -0.145. The molecule has 0 saturated carbocycles. The molecule has 39 nitrogen and oxygen atoms in total. The Morgan fingerprint density at radius 2 is 1.11 bits per heavy atom. The van der Waals surface area contributed by atoms with E-state index in [9.17, 15) is 78.3 Å². The van der Waals surface area contributed by atoms with Crippen molar-refractivity contribution in [2.24, 2.45) is 29.0 Å². The zero-order chi connectivity index (χ0) is 84.4. The molecule has 0 spiro atoms. The minimum atomic E-state index is -1.80. The number of hydrogen-bond acceptors (Lipinski definition) is 21. The lowest BCUT2D eigenvalue weighted by Crippen LogP contribution is -2.61. The maximum absolute atomic E-state index is 15.1. The number of aliphatic hydroxyl groups is 2. The van der Waals surface area contributed by atoms with Gasteiger partial charge >= 0.3 is 11.9 Å². The van der Waals surface area contributed by atoms with E-state index in [2.05, 4.69) is 78.8 Å². The molecule has 12 atom stereocenters. The van der Waals surface area contributed by atoms with Crippen molar-refractivity contribution in [2.45, 2.75) is 190 Å². The van der Waals surface area contributed by atoms with Crippen LogP contribution in [0.3, 0.4) is 0 Å². The highest BCUT2D eigenvalue weighted by Crippen LogP contribution is 2.23. The van der Waals surface area contributed by atoms with Crippen molar-refractivity contribution >= 4 is 99.7 Å². The Morgan fingerprint density at radius 1 is 0.574 bits per heavy atom. The van der Waals surface area contributed by atoms with Gasteiger partial charge in [-0.25, -0.2) is 9.78 Å². The number of nitrogens with one attached hydrogen (secondary N) is 15. The normalized spacial score (nSPS) is 15.4. The number of fused-ring (bicyclic) bond motifs is 1.